The van der Waals surface area contributed by atoms with Crippen LogP contribution in [0.2, 0.25) is 0 Å². The number of hydrogen-bond donors (Lipinski definition) is 2. The molecule has 3 rings (SSSR count). The Hall–Kier alpha value is -1.69. The van der Waals surface area contributed by atoms with Crippen LogP contribution in [0.15, 0.2) is 12.4 Å². The lowest BCUT2D eigenvalue weighted by Crippen LogP contribution is -2.42. The van der Waals surface area contributed by atoms with E-state index in [1.807, 2.05) is 0 Å². The first-order valence-corrected chi connectivity index (χ1v) is 7.18. The summed E-state index contributed by atoms with van der Waals surface area (Å²) in [4.78, 5) is 20.5. The van der Waals surface area contributed by atoms with Crippen molar-refractivity contribution in [2.24, 2.45) is 0 Å². The number of urea groups is 1. The van der Waals surface area contributed by atoms with E-state index in [1.165, 1.54) is 12.8 Å². The minimum atomic E-state index is -0.221. The van der Waals surface area contributed by atoms with Crippen molar-refractivity contribution in [3.05, 3.63) is 18.2 Å². The maximum absolute atomic E-state index is 11.9. The van der Waals surface area contributed by atoms with Crippen molar-refractivity contribution >= 4 is 11.7 Å². The summed E-state index contributed by atoms with van der Waals surface area (Å²) >= 11 is 0. The molecular formula is C14H20N4O2. The number of aromatic nitrogens is 2. The van der Waals surface area contributed by atoms with Crippen LogP contribution in [-0.2, 0) is 4.74 Å². The van der Waals surface area contributed by atoms with E-state index in [4.69, 9.17) is 4.74 Å². The normalized spacial score (nSPS) is 25.4. The first-order valence-electron chi connectivity index (χ1n) is 7.18. The Balaban J connectivity index is 1.52. The van der Waals surface area contributed by atoms with E-state index in [0.29, 0.717) is 11.6 Å². The quantitative estimate of drug-likeness (QED) is 0.882. The smallest absolute Gasteiger partial charge is 0.319 e. The summed E-state index contributed by atoms with van der Waals surface area (Å²) in [5.41, 5.74) is 0.624. The van der Waals surface area contributed by atoms with Crippen molar-refractivity contribution in [3.8, 4) is 0 Å². The number of methoxy groups -OCH3 is 1. The minimum absolute atomic E-state index is 0.0895. The Bertz CT molecular complexity index is 473. The monoisotopic (exact) mass is 276 g/mol. The van der Waals surface area contributed by atoms with Gasteiger partial charge in [-0.25, -0.2) is 14.8 Å². The fourth-order valence-corrected chi connectivity index (χ4v) is 2.66. The molecule has 6 heteroatoms. The van der Waals surface area contributed by atoms with Crippen molar-refractivity contribution in [2.75, 3.05) is 12.4 Å². The van der Waals surface area contributed by atoms with Gasteiger partial charge in [0.25, 0.3) is 0 Å². The van der Waals surface area contributed by atoms with E-state index >= 15 is 0 Å². The average Bonchev–Trinajstić information content (AvgIpc) is 3.20. The standard InChI is InChI=1S/C14H20N4O2/c1-20-12-4-2-3-11(12)18-14(19)17-10-7-15-13(16-8-10)9-5-6-9/h7-9,11-12H,2-6H2,1H3,(H2,17,18,19)/t11-,12-/m1/s1. The molecule has 1 heterocycles. The number of hydrogen-bond acceptors (Lipinski definition) is 4. The molecule has 108 valence electrons. The van der Waals surface area contributed by atoms with Gasteiger partial charge < -0.3 is 15.4 Å². The molecule has 2 aliphatic carbocycles. The lowest BCUT2D eigenvalue weighted by atomic mass is 10.2. The summed E-state index contributed by atoms with van der Waals surface area (Å²) in [6, 6.07) is -0.131. The summed E-state index contributed by atoms with van der Waals surface area (Å²) in [7, 11) is 1.69. The van der Waals surface area contributed by atoms with Crippen LogP contribution < -0.4 is 10.6 Å². The Morgan fingerprint density at radius 2 is 2.00 bits per heavy atom. The highest BCUT2D eigenvalue weighted by atomic mass is 16.5. The number of carbonyl (C=O) groups is 1. The minimum Gasteiger partial charge on any atom is -0.379 e. The third kappa shape index (κ3) is 3.07. The van der Waals surface area contributed by atoms with Crippen molar-refractivity contribution in [1.29, 1.82) is 0 Å². The van der Waals surface area contributed by atoms with Gasteiger partial charge in [-0.1, -0.05) is 0 Å². The van der Waals surface area contributed by atoms with Crippen molar-refractivity contribution in [3.63, 3.8) is 0 Å². The van der Waals surface area contributed by atoms with Crippen LogP contribution in [0.25, 0.3) is 0 Å². The molecule has 0 unspecified atom stereocenters. The maximum atomic E-state index is 11.9. The second-order valence-electron chi connectivity index (χ2n) is 5.51. The van der Waals surface area contributed by atoms with Crippen LogP contribution >= 0.6 is 0 Å². The molecule has 2 atom stereocenters. The van der Waals surface area contributed by atoms with Crippen molar-refractivity contribution in [2.45, 2.75) is 50.2 Å². The molecule has 0 radical (unpaired) electrons. The Morgan fingerprint density at radius 3 is 2.65 bits per heavy atom. The first kappa shape index (κ1) is 13.3. The van der Waals surface area contributed by atoms with E-state index in [1.54, 1.807) is 19.5 Å². The Morgan fingerprint density at radius 1 is 1.25 bits per heavy atom. The molecule has 2 N–H and O–H groups in total. The lowest BCUT2D eigenvalue weighted by Gasteiger charge is -2.19. The fourth-order valence-electron chi connectivity index (χ4n) is 2.66. The van der Waals surface area contributed by atoms with Gasteiger partial charge >= 0.3 is 6.03 Å². The van der Waals surface area contributed by atoms with E-state index in [2.05, 4.69) is 20.6 Å². The summed E-state index contributed by atoms with van der Waals surface area (Å²) in [6.07, 6.45) is 8.85. The van der Waals surface area contributed by atoms with Gasteiger partial charge in [0, 0.05) is 13.0 Å². The molecule has 2 aliphatic rings. The maximum Gasteiger partial charge on any atom is 0.319 e. The Labute approximate surface area is 118 Å². The van der Waals surface area contributed by atoms with E-state index in [0.717, 1.165) is 25.1 Å². The van der Waals surface area contributed by atoms with Gasteiger partial charge in [0.1, 0.15) is 5.82 Å². The van der Waals surface area contributed by atoms with Gasteiger partial charge in [-0.15, -0.1) is 0 Å². The molecule has 0 spiro atoms. The number of amides is 2. The van der Waals surface area contributed by atoms with Gasteiger partial charge in [-0.05, 0) is 32.1 Å². The molecule has 0 saturated heterocycles. The first-order chi connectivity index (χ1) is 9.76. The third-order valence-corrected chi connectivity index (χ3v) is 3.94. The molecular weight excluding hydrogens is 256 g/mol. The van der Waals surface area contributed by atoms with E-state index < -0.39 is 0 Å². The second kappa shape index (κ2) is 5.75. The van der Waals surface area contributed by atoms with Gasteiger partial charge in [0.05, 0.1) is 30.2 Å². The topological polar surface area (TPSA) is 76.1 Å². The van der Waals surface area contributed by atoms with Crippen molar-refractivity contribution in [1.82, 2.24) is 15.3 Å². The molecule has 0 aromatic carbocycles. The summed E-state index contributed by atoms with van der Waals surface area (Å²) in [6.45, 7) is 0. The Kier molecular flexibility index (Phi) is 3.82. The molecule has 2 fully saturated rings. The zero-order chi connectivity index (χ0) is 13.9. The zero-order valence-corrected chi connectivity index (χ0v) is 11.6. The summed E-state index contributed by atoms with van der Waals surface area (Å²) < 4.78 is 5.36. The predicted octanol–water partition coefficient (Wildman–Crippen LogP) is 2.04. The van der Waals surface area contributed by atoms with Crippen LogP contribution in [0.4, 0.5) is 10.5 Å². The average molecular weight is 276 g/mol. The molecule has 1 aromatic rings. The number of rotatable bonds is 4. The summed E-state index contributed by atoms with van der Waals surface area (Å²) in [5.74, 6) is 1.41. The lowest BCUT2D eigenvalue weighted by molar-refractivity contribution is 0.0882. The van der Waals surface area contributed by atoms with Gasteiger partial charge in [-0.3, -0.25) is 0 Å². The van der Waals surface area contributed by atoms with Crippen molar-refractivity contribution < 1.29 is 9.53 Å². The highest BCUT2D eigenvalue weighted by Gasteiger charge is 2.28. The molecule has 20 heavy (non-hydrogen) atoms. The van der Waals surface area contributed by atoms with Crippen LogP contribution in [-0.4, -0.2) is 35.3 Å². The molecule has 2 amide bonds. The van der Waals surface area contributed by atoms with Gasteiger partial charge in [0.15, 0.2) is 0 Å². The van der Waals surface area contributed by atoms with E-state index in [-0.39, 0.29) is 18.2 Å². The number of nitrogens with zero attached hydrogens (tertiary/aromatic N) is 2. The highest BCUT2D eigenvalue weighted by molar-refractivity contribution is 5.89. The van der Waals surface area contributed by atoms with Gasteiger partial charge in [-0.2, -0.15) is 0 Å². The highest BCUT2D eigenvalue weighted by Crippen LogP contribution is 2.37. The summed E-state index contributed by atoms with van der Waals surface area (Å²) in [5, 5.41) is 5.72. The van der Waals surface area contributed by atoms with Crippen LogP contribution in [0, 0.1) is 0 Å². The zero-order valence-electron chi connectivity index (χ0n) is 11.6. The molecule has 6 nitrogen and oxygen atoms in total. The van der Waals surface area contributed by atoms with E-state index in [9.17, 15) is 4.79 Å². The fraction of sp³-hybridized carbons (Fsp3) is 0.643. The van der Waals surface area contributed by atoms with Crippen LogP contribution in [0.5, 0.6) is 0 Å². The van der Waals surface area contributed by atoms with Gasteiger partial charge in [0.2, 0.25) is 0 Å². The predicted molar refractivity (Wildman–Crippen MR) is 74.6 cm³/mol. The molecule has 0 bridgehead atoms. The second-order valence-corrected chi connectivity index (χ2v) is 5.51. The van der Waals surface area contributed by atoms with Crippen LogP contribution in [0.3, 0.4) is 0 Å². The number of nitrogens with one attached hydrogen (secondary N) is 2. The third-order valence-electron chi connectivity index (χ3n) is 3.94. The number of carbonyl (C=O) groups excluding carboxylic acids is 1. The molecule has 0 aliphatic heterocycles. The molecule has 2 saturated carbocycles. The SMILES string of the molecule is CO[C@@H]1CCC[C@H]1NC(=O)Nc1cnc(C2CC2)nc1. The number of anilines is 1. The largest absolute Gasteiger partial charge is 0.379 e. The molecule has 1 aromatic heterocycles. The number of ether oxygens (including phenoxy) is 1. The van der Waals surface area contributed by atoms with Crippen LogP contribution in [0.1, 0.15) is 43.8 Å².